The number of unbranched alkanes of at least 4 members (excludes halogenated alkanes) is 9. The van der Waals surface area contributed by atoms with Gasteiger partial charge in [-0.3, -0.25) is 4.79 Å². The molecule has 0 saturated heterocycles. The van der Waals surface area contributed by atoms with Crippen molar-refractivity contribution in [2.24, 2.45) is 0 Å². The fourth-order valence-electron chi connectivity index (χ4n) is 2.98. The van der Waals surface area contributed by atoms with E-state index < -0.39 is 12.1 Å². The summed E-state index contributed by atoms with van der Waals surface area (Å²) in [4.78, 5) is 10.4. The maximum absolute atomic E-state index is 10.4. The van der Waals surface area contributed by atoms with E-state index in [1.54, 1.807) is 7.11 Å². The highest BCUT2D eigenvalue weighted by atomic mass is 16.5. The molecule has 2 atom stereocenters. The molecule has 0 aromatic rings. The molecule has 0 unspecified atom stereocenters. The first-order valence-electron chi connectivity index (χ1n) is 9.65. The van der Waals surface area contributed by atoms with Crippen molar-refractivity contribution < 1.29 is 24.9 Å². The van der Waals surface area contributed by atoms with E-state index in [0.29, 0.717) is 0 Å². The van der Waals surface area contributed by atoms with Gasteiger partial charge in [0.05, 0.1) is 12.2 Å². The number of hydrogen-bond acceptors (Lipinski definition) is 4. The van der Waals surface area contributed by atoms with Crippen LogP contribution >= 0.6 is 0 Å². The SMILES string of the molecule is CO[C@H](CCCCCCCCO)[C@H](O)CCCCCCCC(=O)O. The van der Waals surface area contributed by atoms with E-state index >= 15 is 0 Å². The molecule has 5 nitrogen and oxygen atoms in total. The van der Waals surface area contributed by atoms with Crippen molar-refractivity contribution in [3.05, 3.63) is 0 Å². The molecule has 24 heavy (non-hydrogen) atoms. The second-order valence-electron chi connectivity index (χ2n) is 6.68. The number of methoxy groups -OCH3 is 1. The Morgan fingerprint density at radius 1 is 0.833 bits per heavy atom. The van der Waals surface area contributed by atoms with Gasteiger partial charge in [-0.05, 0) is 25.7 Å². The molecule has 0 heterocycles. The molecule has 0 amide bonds. The fraction of sp³-hybridized carbons (Fsp3) is 0.947. The first-order valence-corrected chi connectivity index (χ1v) is 9.65. The van der Waals surface area contributed by atoms with E-state index in [2.05, 4.69) is 0 Å². The van der Waals surface area contributed by atoms with E-state index in [0.717, 1.165) is 70.6 Å². The normalized spacial score (nSPS) is 13.8. The minimum Gasteiger partial charge on any atom is -0.481 e. The lowest BCUT2D eigenvalue weighted by Crippen LogP contribution is -2.27. The molecular weight excluding hydrogens is 308 g/mol. The number of hydrogen-bond donors (Lipinski definition) is 3. The number of carboxylic acid groups (broad SMARTS) is 1. The zero-order valence-electron chi connectivity index (χ0n) is 15.4. The molecule has 0 aliphatic rings. The van der Waals surface area contributed by atoms with Gasteiger partial charge in [0, 0.05) is 20.1 Å². The number of aliphatic hydroxyl groups excluding tert-OH is 2. The Hall–Kier alpha value is -0.650. The third-order valence-corrected chi connectivity index (χ3v) is 4.52. The van der Waals surface area contributed by atoms with Gasteiger partial charge in [0.25, 0.3) is 0 Å². The smallest absolute Gasteiger partial charge is 0.303 e. The molecule has 144 valence electrons. The van der Waals surface area contributed by atoms with Crippen molar-refractivity contribution in [1.82, 2.24) is 0 Å². The molecule has 0 spiro atoms. The lowest BCUT2D eigenvalue weighted by Gasteiger charge is -2.21. The Bertz CT molecular complexity index is 283. The number of rotatable bonds is 18. The van der Waals surface area contributed by atoms with Crippen LogP contribution in [0.3, 0.4) is 0 Å². The zero-order valence-corrected chi connectivity index (χ0v) is 15.4. The Morgan fingerprint density at radius 3 is 1.88 bits per heavy atom. The lowest BCUT2D eigenvalue weighted by atomic mass is 9.99. The third-order valence-electron chi connectivity index (χ3n) is 4.52. The summed E-state index contributed by atoms with van der Waals surface area (Å²) in [7, 11) is 1.67. The van der Waals surface area contributed by atoms with E-state index in [4.69, 9.17) is 14.9 Å². The molecule has 0 fully saturated rings. The van der Waals surface area contributed by atoms with Crippen molar-refractivity contribution in [1.29, 1.82) is 0 Å². The summed E-state index contributed by atoms with van der Waals surface area (Å²) in [5.41, 5.74) is 0. The second kappa shape index (κ2) is 17.2. The summed E-state index contributed by atoms with van der Waals surface area (Å²) in [5.74, 6) is -0.721. The standard InChI is InChI=1S/C19H38O5/c1-24-18(14-10-6-2-3-8-12-16-20)17(21)13-9-5-4-7-11-15-19(22)23/h17-18,20-21H,2-16H2,1H3,(H,22,23)/t17-,18-/m1/s1. The summed E-state index contributed by atoms with van der Waals surface area (Å²) in [6, 6.07) is 0. The number of aliphatic carboxylic acids is 1. The topological polar surface area (TPSA) is 87.0 Å². The zero-order chi connectivity index (χ0) is 18.0. The maximum atomic E-state index is 10.4. The second-order valence-corrected chi connectivity index (χ2v) is 6.68. The van der Waals surface area contributed by atoms with Crippen LogP contribution in [0, 0.1) is 0 Å². The van der Waals surface area contributed by atoms with Crippen molar-refractivity contribution >= 4 is 5.97 Å². The van der Waals surface area contributed by atoms with Gasteiger partial charge in [-0.2, -0.15) is 0 Å². The quantitative estimate of drug-likeness (QED) is 0.328. The Kier molecular flexibility index (Phi) is 16.7. The minimum absolute atomic E-state index is 0.0746. The van der Waals surface area contributed by atoms with Gasteiger partial charge >= 0.3 is 5.97 Å². The van der Waals surface area contributed by atoms with Crippen LogP contribution in [0.25, 0.3) is 0 Å². The highest BCUT2D eigenvalue weighted by molar-refractivity contribution is 5.66. The van der Waals surface area contributed by atoms with Crippen molar-refractivity contribution in [2.45, 2.75) is 102 Å². The fourth-order valence-corrected chi connectivity index (χ4v) is 2.98. The van der Waals surface area contributed by atoms with Gasteiger partial charge in [-0.25, -0.2) is 0 Å². The molecule has 5 heteroatoms. The molecule has 0 aromatic carbocycles. The van der Waals surface area contributed by atoms with Crippen LogP contribution in [-0.4, -0.2) is 47.2 Å². The van der Waals surface area contributed by atoms with Crippen LogP contribution in [0.2, 0.25) is 0 Å². The van der Waals surface area contributed by atoms with E-state index in [-0.39, 0.29) is 19.1 Å². The number of aliphatic hydroxyl groups is 2. The molecule has 3 N–H and O–H groups in total. The molecule has 0 bridgehead atoms. The van der Waals surface area contributed by atoms with Gasteiger partial charge in [-0.15, -0.1) is 0 Å². The van der Waals surface area contributed by atoms with Crippen LogP contribution < -0.4 is 0 Å². The molecule has 0 aliphatic heterocycles. The average Bonchev–Trinajstić information content (AvgIpc) is 2.56. The number of carboxylic acids is 1. The Balaban J connectivity index is 3.55. The largest absolute Gasteiger partial charge is 0.481 e. The molecule has 0 aliphatic carbocycles. The summed E-state index contributed by atoms with van der Waals surface area (Å²) in [6.45, 7) is 0.289. The Morgan fingerprint density at radius 2 is 1.33 bits per heavy atom. The van der Waals surface area contributed by atoms with Crippen LogP contribution in [-0.2, 0) is 9.53 Å². The van der Waals surface area contributed by atoms with E-state index in [1.807, 2.05) is 0 Å². The molecule has 0 aromatic heterocycles. The van der Waals surface area contributed by atoms with Crippen molar-refractivity contribution in [2.75, 3.05) is 13.7 Å². The van der Waals surface area contributed by atoms with Crippen LogP contribution in [0.15, 0.2) is 0 Å². The predicted octanol–water partition coefficient (Wildman–Crippen LogP) is 3.90. The predicted molar refractivity (Wildman–Crippen MR) is 96.2 cm³/mol. The first-order chi connectivity index (χ1) is 11.6. The number of ether oxygens (including phenoxy) is 1. The molecule has 0 rings (SSSR count). The van der Waals surface area contributed by atoms with Crippen LogP contribution in [0.5, 0.6) is 0 Å². The van der Waals surface area contributed by atoms with Crippen molar-refractivity contribution in [3.8, 4) is 0 Å². The summed E-state index contributed by atoms with van der Waals surface area (Å²) in [6.07, 6.45) is 12.8. The van der Waals surface area contributed by atoms with Crippen molar-refractivity contribution in [3.63, 3.8) is 0 Å². The summed E-state index contributed by atoms with van der Waals surface area (Å²) in [5, 5.41) is 27.5. The van der Waals surface area contributed by atoms with Gasteiger partial charge < -0.3 is 20.1 Å². The highest BCUT2D eigenvalue weighted by Gasteiger charge is 2.17. The van der Waals surface area contributed by atoms with Crippen LogP contribution in [0.1, 0.15) is 89.9 Å². The lowest BCUT2D eigenvalue weighted by molar-refractivity contribution is -0.137. The van der Waals surface area contributed by atoms with Gasteiger partial charge in [0.1, 0.15) is 0 Å². The monoisotopic (exact) mass is 346 g/mol. The first kappa shape index (κ1) is 23.4. The molecule has 0 saturated carbocycles. The molecule has 0 radical (unpaired) electrons. The van der Waals surface area contributed by atoms with Gasteiger partial charge in [0.2, 0.25) is 0 Å². The third kappa shape index (κ3) is 14.9. The molecular formula is C19H38O5. The number of carbonyl (C=O) groups is 1. The van der Waals surface area contributed by atoms with Crippen LogP contribution in [0.4, 0.5) is 0 Å². The maximum Gasteiger partial charge on any atom is 0.303 e. The van der Waals surface area contributed by atoms with Gasteiger partial charge in [-0.1, -0.05) is 57.8 Å². The average molecular weight is 347 g/mol. The van der Waals surface area contributed by atoms with Gasteiger partial charge in [0.15, 0.2) is 0 Å². The summed E-state index contributed by atoms with van der Waals surface area (Å²) >= 11 is 0. The minimum atomic E-state index is -0.721. The van der Waals surface area contributed by atoms with E-state index in [9.17, 15) is 9.90 Å². The summed E-state index contributed by atoms with van der Waals surface area (Å²) < 4.78 is 5.43. The highest BCUT2D eigenvalue weighted by Crippen LogP contribution is 2.17. The Labute approximate surface area is 147 Å². The van der Waals surface area contributed by atoms with E-state index in [1.165, 1.54) is 12.8 Å².